The first-order chi connectivity index (χ1) is 18.1. The van der Waals surface area contributed by atoms with Gasteiger partial charge in [0.05, 0.1) is 12.2 Å². The Labute approximate surface area is 219 Å². The maximum atomic E-state index is 13.1. The van der Waals surface area contributed by atoms with E-state index in [4.69, 9.17) is 5.10 Å². The molecule has 0 radical (unpaired) electrons. The fourth-order valence-electron chi connectivity index (χ4n) is 5.33. The fraction of sp³-hybridized carbons (Fsp3) is 0.387. The SMILES string of the molecule is Cc1ccc(-c2nn(Cc3ccccc3)cc2/C=C/C(=O)N2CCC(C(=O)N3CCCCC3)CC2)cc1. The summed E-state index contributed by atoms with van der Waals surface area (Å²) in [6.45, 7) is 5.78. The van der Waals surface area contributed by atoms with Crippen LogP contribution in [0.25, 0.3) is 17.3 Å². The molecule has 0 N–H and O–H groups in total. The number of hydrogen-bond donors (Lipinski definition) is 0. The van der Waals surface area contributed by atoms with Crippen molar-refractivity contribution < 1.29 is 9.59 Å². The highest BCUT2D eigenvalue weighted by Crippen LogP contribution is 2.25. The second-order valence-electron chi connectivity index (χ2n) is 10.3. The minimum Gasteiger partial charge on any atom is -0.342 e. The number of likely N-dealkylation sites (tertiary alicyclic amines) is 2. The van der Waals surface area contributed by atoms with Gasteiger partial charge in [-0.1, -0.05) is 60.2 Å². The lowest BCUT2D eigenvalue weighted by atomic mass is 9.94. The van der Waals surface area contributed by atoms with Crippen molar-refractivity contribution in [1.29, 1.82) is 0 Å². The van der Waals surface area contributed by atoms with Crippen LogP contribution in [0.1, 0.15) is 48.8 Å². The standard InChI is InChI=1S/C31H36N4O2/c1-24-10-12-26(13-11-24)30-28(23-35(32-30)22-25-8-4-2-5-9-25)14-15-29(36)33-20-16-27(17-21-33)31(37)34-18-6-3-7-19-34/h2,4-5,8-15,23,27H,3,6-7,16-22H2,1H3/b15-14+. The van der Waals surface area contributed by atoms with E-state index in [0.717, 1.165) is 55.6 Å². The summed E-state index contributed by atoms with van der Waals surface area (Å²) in [6, 6.07) is 18.6. The third kappa shape index (κ3) is 6.19. The number of nitrogens with zero attached hydrogens (tertiary/aromatic N) is 4. The summed E-state index contributed by atoms with van der Waals surface area (Å²) in [6.07, 6.45) is 10.5. The van der Waals surface area contributed by atoms with Crippen molar-refractivity contribution in [2.24, 2.45) is 5.92 Å². The molecule has 2 aromatic carbocycles. The topological polar surface area (TPSA) is 58.4 Å². The Balaban J connectivity index is 1.27. The molecule has 0 unspecified atom stereocenters. The molecule has 0 aliphatic carbocycles. The normalized spacial score (nSPS) is 16.9. The Morgan fingerprint density at radius 3 is 2.30 bits per heavy atom. The van der Waals surface area contributed by atoms with Crippen LogP contribution in [0, 0.1) is 12.8 Å². The van der Waals surface area contributed by atoms with E-state index in [9.17, 15) is 9.59 Å². The van der Waals surface area contributed by atoms with E-state index in [2.05, 4.69) is 43.3 Å². The van der Waals surface area contributed by atoms with E-state index < -0.39 is 0 Å². The van der Waals surface area contributed by atoms with Crippen molar-refractivity contribution in [1.82, 2.24) is 19.6 Å². The average Bonchev–Trinajstić information content (AvgIpc) is 3.35. The van der Waals surface area contributed by atoms with E-state index in [1.165, 1.54) is 17.5 Å². The third-order valence-electron chi connectivity index (χ3n) is 7.53. The first kappa shape index (κ1) is 25.0. The highest BCUT2D eigenvalue weighted by atomic mass is 16.2. The lowest BCUT2D eigenvalue weighted by molar-refractivity contribution is -0.140. The maximum Gasteiger partial charge on any atom is 0.246 e. The average molecular weight is 497 g/mol. The summed E-state index contributed by atoms with van der Waals surface area (Å²) >= 11 is 0. The molecule has 2 fully saturated rings. The molecular formula is C31H36N4O2. The molecule has 0 atom stereocenters. The number of carbonyl (C=O) groups is 2. The molecule has 6 nitrogen and oxygen atoms in total. The van der Waals surface area contributed by atoms with E-state index in [-0.39, 0.29) is 17.7 Å². The highest BCUT2D eigenvalue weighted by Gasteiger charge is 2.30. The van der Waals surface area contributed by atoms with Crippen LogP contribution in [-0.2, 0) is 16.1 Å². The molecule has 0 bridgehead atoms. The van der Waals surface area contributed by atoms with Crippen molar-refractivity contribution in [3.8, 4) is 11.3 Å². The Morgan fingerprint density at radius 1 is 0.892 bits per heavy atom. The molecule has 0 spiro atoms. The molecule has 2 amide bonds. The summed E-state index contributed by atoms with van der Waals surface area (Å²) in [7, 11) is 0. The summed E-state index contributed by atoms with van der Waals surface area (Å²) < 4.78 is 1.94. The van der Waals surface area contributed by atoms with Crippen LogP contribution in [0.3, 0.4) is 0 Å². The summed E-state index contributed by atoms with van der Waals surface area (Å²) in [4.78, 5) is 29.8. The molecule has 5 rings (SSSR count). The summed E-state index contributed by atoms with van der Waals surface area (Å²) in [5.41, 5.74) is 5.19. The molecular weight excluding hydrogens is 460 g/mol. The van der Waals surface area contributed by atoms with Gasteiger partial charge < -0.3 is 9.80 Å². The Kier molecular flexibility index (Phi) is 7.83. The van der Waals surface area contributed by atoms with Crippen molar-refractivity contribution in [2.45, 2.75) is 45.6 Å². The zero-order chi connectivity index (χ0) is 25.6. The first-order valence-electron chi connectivity index (χ1n) is 13.5. The van der Waals surface area contributed by atoms with Crippen LogP contribution in [0.2, 0.25) is 0 Å². The van der Waals surface area contributed by atoms with Crippen LogP contribution in [0.15, 0.2) is 66.9 Å². The second kappa shape index (κ2) is 11.6. The van der Waals surface area contributed by atoms with E-state index in [0.29, 0.717) is 19.6 Å². The van der Waals surface area contributed by atoms with Crippen LogP contribution in [0.4, 0.5) is 0 Å². The number of hydrogen-bond acceptors (Lipinski definition) is 3. The molecule has 3 aromatic rings. The van der Waals surface area contributed by atoms with Gasteiger partial charge in [-0.3, -0.25) is 14.3 Å². The Morgan fingerprint density at radius 2 is 1.59 bits per heavy atom. The number of carbonyl (C=O) groups excluding carboxylic acids is 2. The quantitative estimate of drug-likeness (QED) is 0.443. The van der Waals surface area contributed by atoms with Gasteiger partial charge >= 0.3 is 0 Å². The van der Waals surface area contributed by atoms with Gasteiger partial charge in [0.1, 0.15) is 0 Å². The second-order valence-corrected chi connectivity index (χ2v) is 10.3. The highest BCUT2D eigenvalue weighted by molar-refractivity contribution is 5.93. The van der Waals surface area contributed by atoms with Gasteiger partial charge in [0, 0.05) is 55.5 Å². The van der Waals surface area contributed by atoms with Gasteiger partial charge in [-0.15, -0.1) is 0 Å². The van der Waals surface area contributed by atoms with Gasteiger partial charge in [0.2, 0.25) is 11.8 Å². The Hall–Kier alpha value is -3.67. The van der Waals surface area contributed by atoms with E-state index in [1.54, 1.807) is 6.08 Å². The Bertz CT molecular complexity index is 1230. The van der Waals surface area contributed by atoms with Crippen LogP contribution in [-0.4, -0.2) is 57.6 Å². The number of amides is 2. The zero-order valence-electron chi connectivity index (χ0n) is 21.7. The van der Waals surface area contributed by atoms with Gasteiger partial charge in [-0.2, -0.15) is 5.10 Å². The lowest BCUT2D eigenvalue weighted by Crippen LogP contribution is -2.45. The molecule has 3 heterocycles. The van der Waals surface area contributed by atoms with E-state index in [1.807, 2.05) is 45.0 Å². The van der Waals surface area contributed by atoms with Crippen molar-refractivity contribution in [3.05, 3.63) is 83.6 Å². The van der Waals surface area contributed by atoms with Crippen LogP contribution >= 0.6 is 0 Å². The molecule has 2 saturated heterocycles. The summed E-state index contributed by atoms with van der Waals surface area (Å²) in [5, 5.41) is 4.87. The van der Waals surface area contributed by atoms with E-state index >= 15 is 0 Å². The fourth-order valence-corrected chi connectivity index (χ4v) is 5.33. The van der Waals surface area contributed by atoms with Gasteiger partial charge in [-0.05, 0) is 50.7 Å². The molecule has 2 aliphatic rings. The molecule has 2 aliphatic heterocycles. The molecule has 192 valence electrons. The number of piperidine rings is 2. The third-order valence-corrected chi connectivity index (χ3v) is 7.53. The van der Waals surface area contributed by atoms with Crippen LogP contribution in [0.5, 0.6) is 0 Å². The van der Waals surface area contributed by atoms with Crippen molar-refractivity contribution >= 4 is 17.9 Å². The van der Waals surface area contributed by atoms with Gasteiger partial charge in [-0.25, -0.2) is 0 Å². The molecule has 1 aromatic heterocycles. The molecule has 6 heteroatoms. The minimum atomic E-state index is -0.00506. The number of aryl methyl sites for hydroxylation is 1. The number of benzene rings is 2. The van der Waals surface area contributed by atoms with Crippen molar-refractivity contribution in [2.75, 3.05) is 26.2 Å². The van der Waals surface area contributed by atoms with Crippen molar-refractivity contribution in [3.63, 3.8) is 0 Å². The smallest absolute Gasteiger partial charge is 0.246 e. The van der Waals surface area contributed by atoms with Gasteiger partial charge in [0.15, 0.2) is 0 Å². The maximum absolute atomic E-state index is 13.1. The summed E-state index contributed by atoms with van der Waals surface area (Å²) in [5.74, 6) is 0.334. The molecule has 37 heavy (non-hydrogen) atoms. The predicted molar refractivity (Wildman–Crippen MR) is 147 cm³/mol. The lowest BCUT2D eigenvalue weighted by Gasteiger charge is -2.35. The zero-order valence-corrected chi connectivity index (χ0v) is 21.7. The molecule has 0 saturated carbocycles. The minimum absolute atomic E-state index is 0.00506. The first-order valence-corrected chi connectivity index (χ1v) is 13.5. The monoisotopic (exact) mass is 496 g/mol. The van der Waals surface area contributed by atoms with Gasteiger partial charge in [0.25, 0.3) is 0 Å². The number of rotatable bonds is 6. The van der Waals surface area contributed by atoms with Crippen LogP contribution < -0.4 is 0 Å². The number of aromatic nitrogens is 2. The predicted octanol–water partition coefficient (Wildman–Crippen LogP) is 5.17. The largest absolute Gasteiger partial charge is 0.342 e.